The van der Waals surface area contributed by atoms with Crippen molar-refractivity contribution in [3.05, 3.63) is 93.8 Å². The number of ether oxygens (including phenoxy) is 2. The fourth-order valence-corrected chi connectivity index (χ4v) is 4.39. The minimum atomic E-state index is -0.929. The Labute approximate surface area is 204 Å². The van der Waals surface area contributed by atoms with Crippen molar-refractivity contribution < 1.29 is 23.8 Å². The topological polar surface area (TPSA) is 83.6 Å². The van der Waals surface area contributed by atoms with Crippen LogP contribution in [0.15, 0.2) is 71.3 Å². The second-order valence-corrected chi connectivity index (χ2v) is 8.68. The van der Waals surface area contributed by atoms with E-state index in [4.69, 9.17) is 9.47 Å². The van der Waals surface area contributed by atoms with Gasteiger partial charge in [0.2, 0.25) is 0 Å². The largest absolute Gasteiger partial charge is 0.493 e. The molecular weight excluding hydrogens is 503 g/mol. The second-order valence-electron chi connectivity index (χ2n) is 7.82. The molecule has 0 spiro atoms. The van der Waals surface area contributed by atoms with E-state index in [1.165, 1.54) is 13.2 Å². The molecule has 8 heteroatoms. The smallest absolute Gasteiger partial charge is 0.321 e. The van der Waals surface area contributed by atoms with Gasteiger partial charge >= 0.3 is 5.97 Å². The molecular formula is C26H24BrFN2O4. The number of methoxy groups -OCH3 is 1. The van der Waals surface area contributed by atoms with Gasteiger partial charge in [0.15, 0.2) is 11.5 Å². The Morgan fingerprint density at radius 1 is 1.15 bits per heavy atom. The summed E-state index contributed by atoms with van der Waals surface area (Å²) < 4.78 is 25.9. The van der Waals surface area contributed by atoms with Gasteiger partial charge in [0.05, 0.1) is 11.6 Å². The molecule has 1 aromatic heterocycles. The molecule has 0 aliphatic heterocycles. The number of benzene rings is 3. The molecule has 1 heterocycles. The molecule has 0 amide bonds. The molecule has 4 aromatic rings. The van der Waals surface area contributed by atoms with Gasteiger partial charge in [-0.3, -0.25) is 4.79 Å². The van der Waals surface area contributed by atoms with Crippen molar-refractivity contribution in [3.8, 4) is 11.5 Å². The number of carboxylic acid groups (broad SMARTS) is 1. The molecule has 3 aromatic carbocycles. The fraction of sp³-hybridized carbons (Fsp3) is 0.192. The van der Waals surface area contributed by atoms with Crippen LogP contribution in [0.25, 0.3) is 10.9 Å². The van der Waals surface area contributed by atoms with Crippen LogP contribution in [0.1, 0.15) is 16.7 Å². The number of carbonyl (C=O) groups is 1. The van der Waals surface area contributed by atoms with Crippen LogP contribution in [-0.4, -0.2) is 29.2 Å². The highest BCUT2D eigenvalue weighted by Crippen LogP contribution is 2.37. The minimum Gasteiger partial charge on any atom is -0.493 e. The third-order valence-corrected chi connectivity index (χ3v) is 6.16. The summed E-state index contributed by atoms with van der Waals surface area (Å²) in [7, 11) is 1.52. The van der Waals surface area contributed by atoms with Crippen molar-refractivity contribution in [2.24, 2.45) is 0 Å². The summed E-state index contributed by atoms with van der Waals surface area (Å²) in [6.07, 6.45) is 2.19. The first kappa shape index (κ1) is 23.8. The number of halogens is 2. The average molecular weight is 527 g/mol. The lowest BCUT2D eigenvalue weighted by molar-refractivity contribution is -0.139. The highest BCUT2D eigenvalue weighted by Gasteiger charge is 2.20. The number of aromatic nitrogens is 1. The third kappa shape index (κ3) is 5.40. The van der Waals surface area contributed by atoms with Crippen LogP contribution in [0, 0.1) is 5.82 Å². The molecule has 1 atom stereocenters. The predicted molar refractivity (Wildman–Crippen MR) is 132 cm³/mol. The van der Waals surface area contributed by atoms with Gasteiger partial charge in [-0.15, -0.1) is 0 Å². The van der Waals surface area contributed by atoms with E-state index in [9.17, 15) is 14.3 Å². The van der Waals surface area contributed by atoms with E-state index in [-0.39, 0.29) is 12.4 Å². The predicted octanol–water partition coefficient (Wildman–Crippen LogP) is 5.44. The molecule has 0 saturated heterocycles. The number of para-hydroxylation sites is 1. The second kappa shape index (κ2) is 10.7. The molecule has 0 radical (unpaired) electrons. The lowest BCUT2D eigenvalue weighted by Crippen LogP contribution is -2.38. The summed E-state index contributed by atoms with van der Waals surface area (Å²) in [5, 5.41) is 13.9. The van der Waals surface area contributed by atoms with Crippen molar-refractivity contribution in [1.29, 1.82) is 0 Å². The average Bonchev–Trinajstić information content (AvgIpc) is 3.24. The van der Waals surface area contributed by atoms with Crippen LogP contribution in [-0.2, 0) is 24.4 Å². The minimum absolute atomic E-state index is 0.0466. The number of nitrogens with one attached hydrogen (secondary N) is 2. The van der Waals surface area contributed by atoms with Gasteiger partial charge < -0.3 is 24.9 Å². The zero-order chi connectivity index (χ0) is 24.1. The maximum absolute atomic E-state index is 13.9. The van der Waals surface area contributed by atoms with E-state index in [0.29, 0.717) is 34.5 Å². The van der Waals surface area contributed by atoms with Crippen molar-refractivity contribution >= 4 is 32.8 Å². The van der Waals surface area contributed by atoms with E-state index in [2.05, 4.69) is 26.2 Å². The Bertz CT molecular complexity index is 1310. The van der Waals surface area contributed by atoms with Gasteiger partial charge in [-0.05, 0) is 51.3 Å². The van der Waals surface area contributed by atoms with Crippen LogP contribution in [0.4, 0.5) is 4.39 Å². The Morgan fingerprint density at radius 3 is 2.68 bits per heavy atom. The summed E-state index contributed by atoms with van der Waals surface area (Å²) in [4.78, 5) is 15.1. The van der Waals surface area contributed by atoms with Crippen LogP contribution < -0.4 is 14.8 Å². The summed E-state index contributed by atoms with van der Waals surface area (Å²) in [6, 6.07) is 17.0. The Hall–Kier alpha value is -3.36. The number of H-pyrrole nitrogens is 1. The Kier molecular flexibility index (Phi) is 7.49. The number of aromatic amines is 1. The normalized spacial score (nSPS) is 12.0. The number of rotatable bonds is 10. The van der Waals surface area contributed by atoms with Gasteiger partial charge in [0.25, 0.3) is 0 Å². The molecule has 3 N–H and O–H groups in total. The monoisotopic (exact) mass is 526 g/mol. The van der Waals surface area contributed by atoms with Crippen molar-refractivity contribution in [3.63, 3.8) is 0 Å². The zero-order valence-electron chi connectivity index (χ0n) is 18.5. The molecule has 6 nitrogen and oxygen atoms in total. The number of fused-ring (bicyclic) bond motifs is 1. The van der Waals surface area contributed by atoms with E-state index >= 15 is 0 Å². The zero-order valence-corrected chi connectivity index (χ0v) is 20.1. The van der Waals surface area contributed by atoms with Crippen molar-refractivity contribution in [2.45, 2.75) is 25.6 Å². The van der Waals surface area contributed by atoms with E-state index in [1.54, 1.807) is 24.3 Å². The molecule has 0 unspecified atom stereocenters. The molecule has 0 aliphatic rings. The van der Waals surface area contributed by atoms with Gasteiger partial charge in [0, 0.05) is 35.6 Å². The molecule has 4 rings (SSSR count). The van der Waals surface area contributed by atoms with Crippen LogP contribution in [0.2, 0.25) is 0 Å². The summed E-state index contributed by atoms with van der Waals surface area (Å²) in [5.41, 5.74) is 3.16. The molecule has 0 fully saturated rings. The first-order valence-corrected chi connectivity index (χ1v) is 11.5. The van der Waals surface area contributed by atoms with E-state index in [0.717, 1.165) is 22.0 Å². The van der Waals surface area contributed by atoms with Gasteiger partial charge in [-0.1, -0.05) is 36.4 Å². The van der Waals surface area contributed by atoms with Gasteiger partial charge in [0.1, 0.15) is 18.5 Å². The quantitative estimate of drug-likeness (QED) is 0.256. The SMILES string of the molecule is COc1cc(CN[C@@H](Cc2c[nH]c3ccccc23)C(=O)O)cc(Br)c1OCc1ccccc1F. The maximum Gasteiger partial charge on any atom is 0.321 e. The lowest BCUT2D eigenvalue weighted by atomic mass is 10.0. The van der Waals surface area contributed by atoms with Crippen LogP contribution >= 0.6 is 15.9 Å². The highest BCUT2D eigenvalue weighted by atomic mass is 79.9. The summed E-state index contributed by atoms with van der Waals surface area (Å²) in [6.45, 7) is 0.354. The standard InChI is InChI=1S/C26H24BrFN2O4/c1-33-24-11-16(10-20(27)25(24)34-15-17-6-2-4-8-21(17)28)13-29-23(26(31)32)12-18-14-30-22-9-5-3-7-19(18)22/h2-11,14,23,29-30H,12-13,15H2,1H3,(H,31,32)/t23-/m0/s1. The molecule has 0 bridgehead atoms. The van der Waals surface area contributed by atoms with Crippen molar-refractivity contribution in [1.82, 2.24) is 10.3 Å². The lowest BCUT2D eigenvalue weighted by Gasteiger charge is -2.17. The molecule has 34 heavy (non-hydrogen) atoms. The number of aliphatic carboxylic acids is 1. The van der Waals surface area contributed by atoms with Gasteiger partial charge in [-0.2, -0.15) is 0 Å². The molecule has 0 saturated carbocycles. The highest BCUT2D eigenvalue weighted by molar-refractivity contribution is 9.10. The van der Waals surface area contributed by atoms with E-state index in [1.807, 2.05) is 36.5 Å². The molecule has 0 aliphatic carbocycles. The number of hydrogen-bond donors (Lipinski definition) is 3. The van der Waals surface area contributed by atoms with Crippen LogP contribution in [0.5, 0.6) is 11.5 Å². The first-order valence-electron chi connectivity index (χ1n) is 10.7. The summed E-state index contributed by atoms with van der Waals surface area (Å²) in [5.74, 6) is -0.358. The summed E-state index contributed by atoms with van der Waals surface area (Å²) >= 11 is 3.50. The fourth-order valence-electron chi connectivity index (χ4n) is 3.79. The van der Waals surface area contributed by atoms with Crippen molar-refractivity contribution in [2.75, 3.05) is 7.11 Å². The maximum atomic E-state index is 13.9. The number of hydrogen-bond acceptors (Lipinski definition) is 4. The Balaban J connectivity index is 1.46. The number of carboxylic acids is 1. The van der Waals surface area contributed by atoms with Gasteiger partial charge in [-0.25, -0.2) is 4.39 Å². The Morgan fingerprint density at radius 2 is 1.91 bits per heavy atom. The van der Waals surface area contributed by atoms with Crippen LogP contribution in [0.3, 0.4) is 0 Å². The van der Waals surface area contributed by atoms with E-state index < -0.39 is 12.0 Å². The third-order valence-electron chi connectivity index (χ3n) is 5.57. The first-order chi connectivity index (χ1) is 16.5. The molecule has 176 valence electrons.